The van der Waals surface area contributed by atoms with Crippen LogP contribution in [0.3, 0.4) is 0 Å². The maximum Gasteiger partial charge on any atom is 0.331 e. The first kappa shape index (κ1) is 21.8. The summed E-state index contributed by atoms with van der Waals surface area (Å²) < 4.78 is 21.0. The third-order valence-electron chi connectivity index (χ3n) is 3.92. The number of methoxy groups -OCH3 is 2. The predicted molar refractivity (Wildman–Crippen MR) is 110 cm³/mol. The van der Waals surface area contributed by atoms with E-state index in [1.54, 1.807) is 62.8 Å². The number of anilines is 1. The highest BCUT2D eigenvalue weighted by atomic mass is 16.5. The van der Waals surface area contributed by atoms with E-state index >= 15 is 0 Å². The van der Waals surface area contributed by atoms with Gasteiger partial charge in [0.1, 0.15) is 5.75 Å². The second-order valence-electron chi connectivity index (χ2n) is 5.97. The summed E-state index contributed by atoms with van der Waals surface area (Å²) in [6, 6.07) is 12.1. The molecule has 0 aromatic heterocycles. The van der Waals surface area contributed by atoms with Crippen LogP contribution >= 0.6 is 0 Å². The van der Waals surface area contributed by atoms with Crippen LogP contribution in [0.25, 0.3) is 6.08 Å². The molecule has 0 heterocycles. The van der Waals surface area contributed by atoms with Crippen LogP contribution in [0.2, 0.25) is 0 Å². The van der Waals surface area contributed by atoms with E-state index in [1.807, 2.05) is 6.92 Å². The van der Waals surface area contributed by atoms with Crippen LogP contribution in [0.1, 0.15) is 19.4 Å². The Morgan fingerprint density at radius 3 is 2.38 bits per heavy atom. The molecule has 2 aromatic rings. The molecule has 0 saturated carbocycles. The summed E-state index contributed by atoms with van der Waals surface area (Å²) in [7, 11) is 3.12. The summed E-state index contributed by atoms with van der Waals surface area (Å²) in [6.07, 6.45) is 1.89. The minimum absolute atomic E-state index is 0.431. The van der Waals surface area contributed by atoms with E-state index in [4.69, 9.17) is 18.9 Å². The van der Waals surface area contributed by atoms with E-state index in [9.17, 15) is 9.59 Å². The summed E-state index contributed by atoms with van der Waals surface area (Å²) in [4.78, 5) is 24.2. The van der Waals surface area contributed by atoms with Crippen LogP contribution in [0, 0.1) is 0 Å². The Hall–Kier alpha value is -3.48. The van der Waals surface area contributed by atoms with Gasteiger partial charge in [0.25, 0.3) is 5.91 Å². The minimum atomic E-state index is -0.955. The molecule has 29 heavy (non-hydrogen) atoms. The molecule has 7 heteroatoms. The van der Waals surface area contributed by atoms with Gasteiger partial charge in [-0.2, -0.15) is 0 Å². The molecule has 0 aliphatic carbocycles. The number of ether oxygens (including phenoxy) is 4. The Bertz CT molecular complexity index is 860. The molecule has 0 spiro atoms. The number of hydrogen-bond donors (Lipinski definition) is 1. The second-order valence-corrected chi connectivity index (χ2v) is 5.97. The van der Waals surface area contributed by atoms with Crippen LogP contribution in [-0.2, 0) is 14.3 Å². The third-order valence-corrected chi connectivity index (χ3v) is 3.92. The normalized spacial score (nSPS) is 11.6. The van der Waals surface area contributed by atoms with Crippen molar-refractivity contribution in [3.8, 4) is 17.2 Å². The lowest BCUT2D eigenvalue weighted by atomic mass is 10.2. The average Bonchev–Trinajstić information content (AvgIpc) is 2.73. The zero-order valence-electron chi connectivity index (χ0n) is 16.9. The minimum Gasteiger partial charge on any atom is -0.497 e. The highest BCUT2D eigenvalue weighted by Gasteiger charge is 2.16. The van der Waals surface area contributed by atoms with Crippen molar-refractivity contribution in [3.63, 3.8) is 0 Å². The highest BCUT2D eigenvalue weighted by Crippen LogP contribution is 2.28. The zero-order valence-corrected chi connectivity index (χ0v) is 16.9. The second kappa shape index (κ2) is 10.8. The van der Waals surface area contributed by atoms with Crippen LogP contribution in [0.15, 0.2) is 48.5 Å². The molecule has 0 unspecified atom stereocenters. The summed E-state index contributed by atoms with van der Waals surface area (Å²) in [6.45, 7) is 3.87. The van der Waals surface area contributed by atoms with Gasteiger partial charge in [-0.25, -0.2) is 4.79 Å². The number of benzene rings is 2. The molecule has 0 aliphatic heterocycles. The van der Waals surface area contributed by atoms with Crippen LogP contribution < -0.4 is 19.5 Å². The van der Waals surface area contributed by atoms with Crippen molar-refractivity contribution in [1.82, 2.24) is 0 Å². The molecule has 1 N–H and O–H groups in total. The molecular formula is C22H25NO6. The van der Waals surface area contributed by atoms with Crippen molar-refractivity contribution in [1.29, 1.82) is 0 Å². The first-order valence-corrected chi connectivity index (χ1v) is 9.11. The lowest BCUT2D eigenvalue weighted by Crippen LogP contribution is -2.29. The number of rotatable bonds is 9. The topological polar surface area (TPSA) is 83.1 Å². The molecule has 154 valence electrons. The lowest BCUT2D eigenvalue weighted by Gasteiger charge is -2.12. The van der Waals surface area contributed by atoms with Crippen LogP contribution in [0.4, 0.5) is 5.69 Å². The van der Waals surface area contributed by atoms with Gasteiger partial charge in [0.05, 0.1) is 20.8 Å². The summed E-state index contributed by atoms with van der Waals surface area (Å²) >= 11 is 0. The van der Waals surface area contributed by atoms with Crippen LogP contribution in [0.5, 0.6) is 17.2 Å². The van der Waals surface area contributed by atoms with Gasteiger partial charge in [0.2, 0.25) is 0 Å². The van der Waals surface area contributed by atoms with Crippen molar-refractivity contribution in [2.24, 2.45) is 0 Å². The monoisotopic (exact) mass is 399 g/mol. The van der Waals surface area contributed by atoms with Gasteiger partial charge in [-0.3, -0.25) is 4.79 Å². The fourth-order valence-electron chi connectivity index (χ4n) is 2.41. The first-order valence-electron chi connectivity index (χ1n) is 9.11. The molecular weight excluding hydrogens is 374 g/mol. The van der Waals surface area contributed by atoms with E-state index in [1.165, 1.54) is 13.0 Å². The summed E-state index contributed by atoms with van der Waals surface area (Å²) in [5, 5.41) is 2.68. The van der Waals surface area contributed by atoms with Crippen LogP contribution in [-0.4, -0.2) is 38.8 Å². The van der Waals surface area contributed by atoms with Gasteiger partial charge in [-0.05, 0) is 61.9 Å². The molecule has 1 atom stereocenters. The van der Waals surface area contributed by atoms with Gasteiger partial charge in [0, 0.05) is 11.8 Å². The fraction of sp³-hybridized carbons (Fsp3) is 0.273. The van der Waals surface area contributed by atoms with Crippen molar-refractivity contribution < 1.29 is 28.5 Å². The SMILES string of the molecule is CCOc1cc(/C=C/C(=O)O[C@@H](C)C(=O)Nc2ccc(OC)cc2)ccc1OC. The molecule has 0 fully saturated rings. The van der Waals surface area contributed by atoms with Crippen molar-refractivity contribution >= 4 is 23.6 Å². The summed E-state index contributed by atoms with van der Waals surface area (Å²) in [5.41, 5.74) is 1.32. The smallest absolute Gasteiger partial charge is 0.331 e. The van der Waals surface area contributed by atoms with Crippen molar-refractivity contribution in [2.75, 3.05) is 26.1 Å². The zero-order chi connectivity index (χ0) is 21.2. The number of carbonyl (C=O) groups excluding carboxylic acids is 2. The maximum absolute atomic E-state index is 12.2. The van der Waals surface area contributed by atoms with E-state index in [2.05, 4.69) is 5.32 Å². The molecule has 7 nitrogen and oxygen atoms in total. The van der Waals surface area contributed by atoms with Gasteiger partial charge >= 0.3 is 5.97 Å². The number of carbonyl (C=O) groups is 2. The highest BCUT2D eigenvalue weighted by molar-refractivity contribution is 5.96. The largest absolute Gasteiger partial charge is 0.497 e. The lowest BCUT2D eigenvalue weighted by molar-refractivity contribution is -0.148. The number of nitrogens with one attached hydrogen (secondary N) is 1. The Balaban J connectivity index is 1.93. The first-order chi connectivity index (χ1) is 14.0. The van der Waals surface area contributed by atoms with Gasteiger partial charge in [-0.15, -0.1) is 0 Å². The predicted octanol–water partition coefficient (Wildman–Crippen LogP) is 3.69. The number of esters is 1. The fourth-order valence-corrected chi connectivity index (χ4v) is 2.41. The molecule has 0 saturated heterocycles. The van der Waals surface area contributed by atoms with E-state index in [0.29, 0.717) is 29.5 Å². The van der Waals surface area contributed by atoms with Crippen molar-refractivity contribution in [3.05, 3.63) is 54.1 Å². The molecule has 0 bridgehead atoms. The molecule has 0 aliphatic rings. The maximum atomic E-state index is 12.2. The Kier molecular flexibility index (Phi) is 8.09. The molecule has 2 rings (SSSR count). The number of amides is 1. The average molecular weight is 399 g/mol. The van der Waals surface area contributed by atoms with Crippen molar-refractivity contribution in [2.45, 2.75) is 20.0 Å². The van der Waals surface area contributed by atoms with E-state index in [-0.39, 0.29) is 0 Å². The Morgan fingerprint density at radius 1 is 1.03 bits per heavy atom. The van der Waals surface area contributed by atoms with E-state index < -0.39 is 18.0 Å². The van der Waals surface area contributed by atoms with Gasteiger partial charge < -0.3 is 24.3 Å². The number of hydrogen-bond acceptors (Lipinski definition) is 6. The standard InChI is InChI=1S/C22H25NO6/c1-5-28-20-14-16(6-12-19(20)27-4)7-13-21(24)29-15(2)22(25)23-17-8-10-18(26-3)11-9-17/h6-15H,5H2,1-4H3,(H,23,25)/b13-7+/t15-/m0/s1. The quantitative estimate of drug-likeness (QED) is 0.512. The van der Waals surface area contributed by atoms with E-state index in [0.717, 1.165) is 5.56 Å². The Morgan fingerprint density at radius 2 is 1.76 bits per heavy atom. The third kappa shape index (κ3) is 6.57. The van der Waals surface area contributed by atoms with Gasteiger partial charge in [-0.1, -0.05) is 6.07 Å². The molecule has 0 radical (unpaired) electrons. The van der Waals surface area contributed by atoms with Gasteiger partial charge in [0.15, 0.2) is 17.6 Å². The Labute approximate surface area is 170 Å². The molecule has 1 amide bonds. The molecule has 2 aromatic carbocycles. The summed E-state index contributed by atoms with van der Waals surface area (Å²) in [5.74, 6) is 0.808.